The number of hydrogen-bond acceptors (Lipinski definition) is 2. The lowest BCUT2D eigenvalue weighted by molar-refractivity contribution is 0.258. The van der Waals surface area contributed by atoms with Crippen LogP contribution < -0.4 is 5.73 Å². The minimum atomic E-state index is -0.0344. The van der Waals surface area contributed by atoms with Crippen molar-refractivity contribution in [1.29, 1.82) is 0 Å². The second-order valence-electron chi connectivity index (χ2n) is 4.90. The molecule has 0 aromatic heterocycles. The summed E-state index contributed by atoms with van der Waals surface area (Å²) in [5, 5.41) is 0. The predicted octanol–water partition coefficient (Wildman–Crippen LogP) is 2.58. The van der Waals surface area contributed by atoms with Gasteiger partial charge in [0, 0.05) is 31.6 Å². The zero-order valence-electron chi connectivity index (χ0n) is 11.3. The molecule has 2 N–H and O–H groups in total. The number of hydrogen-bond donors (Lipinski definition) is 1. The molecule has 0 radical (unpaired) electrons. The van der Waals surface area contributed by atoms with Gasteiger partial charge >= 0.3 is 0 Å². The van der Waals surface area contributed by atoms with Crippen molar-refractivity contribution in [2.45, 2.75) is 12.3 Å². The third-order valence-corrected chi connectivity index (χ3v) is 3.27. The van der Waals surface area contributed by atoms with Crippen LogP contribution in [0.25, 0.3) is 0 Å². The van der Waals surface area contributed by atoms with Crippen LogP contribution in [-0.2, 0) is 5.41 Å². The van der Waals surface area contributed by atoms with Crippen LogP contribution in [-0.4, -0.2) is 31.1 Å². The van der Waals surface area contributed by atoms with Crippen molar-refractivity contribution in [3.05, 3.63) is 61.2 Å². The van der Waals surface area contributed by atoms with Gasteiger partial charge in [-0.25, -0.2) is 0 Å². The van der Waals surface area contributed by atoms with Gasteiger partial charge in [-0.05, 0) is 5.56 Å². The predicted molar refractivity (Wildman–Crippen MR) is 79.7 cm³/mol. The number of nitrogens with two attached hydrogens (primary N) is 1. The van der Waals surface area contributed by atoms with Crippen molar-refractivity contribution in [2.75, 3.05) is 26.2 Å². The summed E-state index contributed by atoms with van der Waals surface area (Å²) in [5.41, 5.74) is 7.25. The highest BCUT2D eigenvalue weighted by atomic mass is 15.1. The van der Waals surface area contributed by atoms with Gasteiger partial charge in [0.05, 0.1) is 0 Å². The largest absolute Gasteiger partial charge is 0.330 e. The summed E-state index contributed by atoms with van der Waals surface area (Å²) >= 11 is 0. The maximum absolute atomic E-state index is 6.00. The second-order valence-corrected chi connectivity index (χ2v) is 4.90. The first kappa shape index (κ1) is 14.7. The molecule has 0 aliphatic carbocycles. The molecule has 0 heterocycles. The van der Waals surface area contributed by atoms with Gasteiger partial charge in [0.15, 0.2) is 0 Å². The monoisotopic (exact) mass is 244 g/mol. The molecule has 0 aliphatic rings. The fourth-order valence-electron chi connectivity index (χ4n) is 2.18. The van der Waals surface area contributed by atoms with Crippen molar-refractivity contribution >= 4 is 0 Å². The highest BCUT2D eigenvalue weighted by Crippen LogP contribution is 2.23. The quantitative estimate of drug-likeness (QED) is 0.712. The summed E-state index contributed by atoms with van der Waals surface area (Å²) < 4.78 is 0. The van der Waals surface area contributed by atoms with E-state index in [0.717, 1.165) is 19.6 Å². The molecule has 2 nitrogen and oxygen atoms in total. The lowest BCUT2D eigenvalue weighted by Crippen LogP contribution is -2.44. The van der Waals surface area contributed by atoms with Crippen molar-refractivity contribution in [3.8, 4) is 0 Å². The number of benzene rings is 1. The van der Waals surface area contributed by atoms with E-state index >= 15 is 0 Å². The average Bonchev–Trinajstić information content (AvgIpc) is 2.40. The van der Waals surface area contributed by atoms with E-state index in [-0.39, 0.29) is 5.41 Å². The van der Waals surface area contributed by atoms with Gasteiger partial charge in [0.1, 0.15) is 0 Å². The Labute approximate surface area is 111 Å². The topological polar surface area (TPSA) is 29.3 Å². The lowest BCUT2D eigenvalue weighted by Gasteiger charge is -2.34. The summed E-state index contributed by atoms with van der Waals surface area (Å²) in [5.74, 6) is 0. The Morgan fingerprint density at radius 1 is 1.17 bits per heavy atom. The zero-order chi connectivity index (χ0) is 13.4. The SMILES string of the molecule is C=CCN(CC=C)CC(C)(CN)c1ccccc1. The molecule has 1 atom stereocenters. The normalized spacial score (nSPS) is 14.2. The van der Waals surface area contributed by atoms with Crippen molar-refractivity contribution < 1.29 is 0 Å². The van der Waals surface area contributed by atoms with Gasteiger partial charge in [-0.2, -0.15) is 0 Å². The van der Waals surface area contributed by atoms with E-state index < -0.39 is 0 Å². The molecule has 0 amide bonds. The van der Waals surface area contributed by atoms with Crippen LogP contribution in [0.2, 0.25) is 0 Å². The Balaban J connectivity index is 2.86. The van der Waals surface area contributed by atoms with Crippen LogP contribution in [0.15, 0.2) is 55.6 Å². The maximum atomic E-state index is 6.00. The standard InChI is InChI=1S/C16H24N2/c1-4-11-18(12-5-2)14-16(3,13-17)15-9-7-6-8-10-15/h4-10H,1-2,11-14,17H2,3H3. The van der Waals surface area contributed by atoms with E-state index in [2.05, 4.69) is 49.2 Å². The summed E-state index contributed by atoms with van der Waals surface area (Å²) in [6, 6.07) is 10.5. The first-order chi connectivity index (χ1) is 8.66. The van der Waals surface area contributed by atoms with Gasteiger partial charge < -0.3 is 5.73 Å². The summed E-state index contributed by atoms with van der Waals surface area (Å²) in [4.78, 5) is 2.31. The molecular formula is C16H24N2. The molecule has 0 spiro atoms. The molecule has 0 aliphatic heterocycles. The highest BCUT2D eigenvalue weighted by Gasteiger charge is 2.26. The van der Waals surface area contributed by atoms with Gasteiger partial charge in [0.2, 0.25) is 0 Å². The number of rotatable bonds is 8. The highest BCUT2D eigenvalue weighted by molar-refractivity contribution is 5.25. The van der Waals surface area contributed by atoms with Gasteiger partial charge in [-0.3, -0.25) is 4.90 Å². The Bertz CT molecular complexity index is 362. The second kappa shape index (κ2) is 7.14. The van der Waals surface area contributed by atoms with Gasteiger partial charge in [-0.15, -0.1) is 13.2 Å². The van der Waals surface area contributed by atoms with E-state index in [1.165, 1.54) is 5.56 Å². The Hall–Kier alpha value is -1.38. The third kappa shape index (κ3) is 3.83. The minimum absolute atomic E-state index is 0.0344. The molecular weight excluding hydrogens is 220 g/mol. The first-order valence-electron chi connectivity index (χ1n) is 6.36. The van der Waals surface area contributed by atoms with Crippen LogP contribution in [0, 0.1) is 0 Å². The van der Waals surface area contributed by atoms with Crippen LogP contribution in [0.5, 0.6) is 0 Å². The van der Waals surface area contributed by atoms with Crippen molar-refractivity contribution in [3.63, 3.8) is 0 Å². The van der Waals surface area contributed by atoms with Crippen LogP contribution in [0.1, 0.15) is 12.5 Å². The first-order valence-corrected chi connectivity index (χ1v) is 6.36. The Morgan fingerprint density at radius 3 is 2.17 bits per heavy atom. The third-order valence-electron chi connectivity index (χ3n) is 3.27. The van der Waals surface area contributed by atoms with Gasteiger partial charge in [0.25, 0.3) is 0 Å². The Kier molecular flexibility index (Phi) is 5.83. The molecule has 1 aromatic carbocycles. The van der Waals surface area contributed by atoms with E-state index in [1.54, 1.807) is 0 Å². The molecule has 0 saturated heterocycles. The molecule has 0 saturated carbocycles. The molecule has 1 rings (SSSR count). The van der Waals surface area contributed by atoms with E-state index in [1.807, 2.05) is 18.2 Å². The van der Waals surface area contributed by atoms with E-state index in [4.69, 9.17) is 5.73 Å². The molecule has 98 valence electrons. The van der Waals surface area contributed by atoms with Crippen molar-refractivity contribution in [2.24, 2.45) is 5.73 Å². The fourth-order valence-corrected chi connectivity index (χ4v) is 2.18. The fraction of sp³-hybridized carbons (Fsp3) is 0.375. The summed E-state index contributed by atoms with van der Waals surface area (Å²) in [6.07, 6.45) is 3.84. The van der Waals surface area contributed by atoms with Crippen LogP contribution in [0.4, 0.5) is 0 Å². The molecule has 0 bridgehead atoms. The number of nitrogens with zero attached hydrogens (tertiary/aromatic N) is 1. The van der Waals surface area contributed by atoms with E-state index in [9.17, 15) is 0 Å². The molecule has 2 heteroatoms. The van der Waals surface area contributed by atoms with E-state index in [0.29, 0.717) is 6.54 Å². The smallest absolute Gasteiger partial charge is 0.0175 e. The average molecular weight is 244 g/mol. The summed E-state index contributed by atoms with van der Waals surface area (Å²) in [6.45, 7) is 13.1. The van der Waals surface area contributed by atoms with Gasteiger partial charge in [-0.1, -0.05) is 49.4 Å². The zero-order valence-corrected chi connectivity index (χ0v) is 11.3. The van der Waals surface area contributed by atoms with Crippen molar-refractivity contribution in [1.82, 2.24) is 4.90 Å². The molecule has 0 fully saturated rings. The lowest BCUT2D eigenvalue weighted by atomic mass is 9.82. The molecule has 1 unspecified atom stereocenters. The van der Waals surface area contributed by atoms with Crippen LogP contribution in [0.3, 0.4) is 0 Å². The summed E-state index contributed by atoms with van der Waals surface area (Å²) in [7, 11) is 0. The Morgan fingerprint density at radius 2 is 1.72 bits per heavy atom. The molecule has 18 heavy (non-hydrogen) atoms. The molecule has 1 aromatic rings. The van der Waals surface area contributed by atoms with Crippen LogP contribution >= 0.6 is 0 Å². The minimum Gasteiger partial charge on any atom is -0.330 e. The maximum Gasteiger partial charge on any atom is 0.0175 e.